The first-order chi connectivity index (χ1) is 15.5. The van der Waals surface area contributed by atoms with Gasteiger partial charge >= 0.3 is 0 Å². The van der Waals surface area contributed by atoms with Gasteiger partial charge in [0.15, 0.2) is 11.5 Å². The van der Waals surface area contributed by atoms with Gasteiger partial charge in [-0.05, 0) is 70.9 Å². The number of amides is 1. The predicted molar refractivity (Wildman–Crippen MR) is 130 cm³/mol. The van der Waals surface area contributed by atoms with Gasteiger partial charge in [0.2, 0.25) is 5.91 Å². The molecule has 0 spiro atoms. The number of anilines is 1. The highest BCUT2D eigenvalue weighted by atomic mass is 79.9. The van der Waals surface area contributed by atoms with E-state index in [0.717, 1.165) is 11.3 Å². The van der Waals surface area contributed by atoms with Gasteiger partial charge in [-0.15, -0.1) is 11.8 Å². The maximum atomic E-state index is 14.0. The van der Waals surface area contributed by atoms with E-state index in [1.54, 1.807) is 47.0 Å². The van der Waals surface area contributed by atoms with E-state index in [4.69, 9.17) is 21.1 Å². The fourth-order valence-corrected chi connectivity index (χ4v) is 5.31. The number of hydrogen-bond acceptors (Lipinski definition) is 4. The van der Waals surface area contributed by atoms with Gasteiger partial charge in [-0.1, -0.05) is 29.8 Å². The Labute approximate surface area is 203 Å². The molecule has 1 atom stereocenters. The summed E-state index contributed by atoms with van der Waals surface area (Å²) in [5.74, 6) is 1.10. The van der Waals surface area contributed by atoms with E-state index in [2.05, 4.69) is 15.9 Å². The van der Waals surface area contributed by atoms with Crippen molar-refractivity contribution in [2.24, 2.45) is 0 Å². The minimum Gasteiger partial charge on any atom is -0.490 e. The van der Waals surface area contributed by atoms with Crippen LogP contribution in [-0.2, 0) is 11.4 Å². The number of benzene rings is 3. The molecule has 8 heteroatoms. The van der Waals surface area contributed by atoms with Crippen molar-refractivity contribution < 1.29 is 18.7 Å². The van der Waals surface area contributed by atoms with Gasteiger partial charge in [-0.2, -0.15) is 0 Å². The summed E-state index contributed by atoms with van der Waals surface area (Å²) in [5, 5.41) is 0.391. The van der Waals surface area contributed by atoms with E-state index in [0.29, 0.717) is 38.9 Å². The molecule has 0 unspecified atom stereocenters. The molecule has 1 aliphatic rings. The van der Waals surface area contributed by atoms with Crippen LogP contribution in [-0.4, -0.2) is 18.3 Å². The van der Waals surface area contributed by atoms with Gasteiger partial charge in [0, 0.05) is 16.3 Å². The molecular formula is C24H20BrClFNO3S. The second-order valence-electron chi connectivity index (χ2n) is 7.05. The Morgan fingerprint density at radius 3 is 2.62 bits per heavy atom. The lowest BCUT2D eigenvalue weighted by atomic mass is 10.1. The molecule has 0 N–H and O–H groups in total. The molecule has 3 aromatic rings. The third kappa shape index (κ3) is 4.90. The fourth-order valence-electron chi connectivity index (χ4n) is 3.45. The quantitative estimate of drug-likeness (QED) is 0.326. The van der Waals surface area contributed by atoms with Gasteiger partial charge in [-0.25, -0.2) is 4.39 Å². The Balaban J connectivity index is 1.65. The van der Waals surface area contributed by atoms with E-state index in [9.17, 15) is 9.18 Å². The summed E-state index contributed by atoms with van der Waals surface area (Å²) >= 11 is 11.1. The number of carbonyl (C=O) groups excluding carboxylic acids is 1. The Morgan fingerprint density at radius 1 is 1.16 bits per heavy atom. The van der Waals surface area contributed by atoms with Crippen molar-refractivity contribution in [1.29, 1.82) is 0 Å². The van der Waals surface area contributed by atoms with Gasteiger partial charge in [0.1, 0.15) is 17.8 Å². The van der Waals surface area contributed by atoms with Crippen molar-refractivity contribution in [2.45, 2.75) is 18.9 Å². The fraction of sp³-hybridized carbons (Fsp3) is 0.208. The van der Waals surface area contributed by atoms with Crippen molar-refractivity contribution >= 4 is 50.9 Å². The minimum atomic E-state index is -0.322. The lowest BCUT2D eigenvalue weighted by Crippen LogP contribution is -2.27. The van der Waals surface area contributed by atoms with Crippen LogP contribution in [0.3, 0.4) is 0 Å². The number of rotatable bonds is 7. The summed E-state index contributed by atoms with van der Waals surface area (Å²) in [4.78, 5) is 14.4. The van der Waals surface area contributed by atoms with Crippen LogP contribution in [0.25, 0.3) is 0 Å². The predicted octanol–water partition coefficient (Wildman–Crippen LogP) is 7.00. The third-order valence-corrected chi connectivity index (χ3v) is 6.97. The largest absolute Gasteiger partial charge is 0.490 e. The second-order valence-corrected chi connectivity index (χ2v) is 9.41. The van der Waals surface area contributed by atoms with Crippen molar-refractivity contribution in [1.82, 2.24) is 0 Å². The van der Waals surface area contributed by atoms with Crippen LogP contribution >= 0.6 is 39.3 Å². The molecular weight excluding hydrogens is 517 g/mol. The smallest absolute Gasteiger partial charge is 0.238 e. The average molecular weight is 537 g/mol. The molecule has 1 fully saturated rings. The van der Waals surface area contributed by atoms with Crippen LogP contribution < -0.4 is 14.4 Å². The Morgan fingerprint density at radius 2 is 1.91 bits per heavy atom. The highest BCUT2D eigenvalue weighted by molar-refractivity contribution is 9.10. The van der Waals surface area contributed by atoms with E-state index < -0.39 is 0 Å². The van der Waals surface area contributed by atoms with Crippen molar-refractivity contribution in [3.63, 3.8) is 0 Å². The Hall–Kier alpha value is -2.22. The number of carbonyl (C=O) groups is 1. The van der Waals surface area contributed by atoms with Crippen LogP contribution in [0.4, 0.5) is 10.1 Å². The second kappa shape index (κ2) is 10.1. The number of hydrogen-bond donors (Lipinski definition) is 0. The first-order valence-corrected chi connectivity index (χ1v) is 12.2. The molecule has 0 aliphatic carbocycles. The van der Waals surface area contributed by atoms with Crippen molar-refractivity contribution in [2.75, 3.05) is 17.3 Å². The molecule has 0 aromatic heterocycles. The molecule has 32 heavy (non-hydrogen) atoms. The van der Waals surface area contributed by atoms with Gasteiger partial charge < -0.3 is 9.47 Å². The summed E-state index contributed by atoms with van der Waals surface area (Å²) in [6.07, 6.45) is 0. The zero-order chi connectivity index (χ0) is 22.7. The maximum Gasteiger partial charge on any atom is 0.238 e. The summed E-state index contributed by atoms with van der Waals surface area (Å²) in [7, 11) is 0. The normalized spacial score (nSPS) is 15.8. The van der Waals surface area contributed by atoms with Crippen molar-refractivity contribution in [3.8, 4) is 11.5 Å². The number of thioether (sulfide) groups is 1. The van der Waals surface area contributed by atoms with E-state index >= 15 is 0 Å². The number of nitrogens with zero attached hydrogens (tertiary/aromatic N) is 1. The topological polar surface area (TPSA) is 38.8 Å². The molecule has 3 aromatic carbocycles. The highest BCUT2D eigenvalue weighted by Crippen LogP contribution is 2.46. The molecule has 166 valence electrons. The van der Waals surface area contributed by atoms with E-state index in [1.165, 1.54) is 6.07 Å². The third-order valence-electron chi connectivity index (χ3n) is 4.92. The standard InChI is InChI=1S/C24H20BrClFNO3S/c1-2-30-21-12-16(11-19(25)23(21)31-13-15-5-3-4-6-20(15)27)24-28(22(29)14-32-24)18-9-7-17(26)8-10-18/h3-12,24H,2,13-14H2,1H3/t24-/m0/s1. The first-order valence-electron chi connectivity index (χ1n) is 9.99. The van der Waals surface area contributed by atoms with E-state index in [-0.39, 0.29) is 23.7 Å². The van der Waals surface area contributed by atoms with E-state index in [1.807, 2.05) is 31.2 Å². The summed E-state index contributed by atoms with van der Waals surface area (Å²) in [6, 6.07) is 17.5. The van der Waals surface area contributed by atoms with Crippen LogP contribution in [0.2, 0.25) is 5.02 Å². The monoisotopic (exact) mass is 535 g/mol. The average Bonchev–Trinajstić information content (AvgIpc) is 3.16. The molecule has 0 radical (unpaired) electrons. The van der Waals surface area contributed by atoms with Gasteiger partial charge in [0.05, 0.1) is 16.8 Å². The SMILES string of the molecule is CCOc1cc([C@@H]2SCC(=O)N2c2ccc(Cl)cc2)cc(Br)c1OCc1ccccc1F. The summed E-state index contributed by atoms with van der Waals surface area (Å²) in [6.45, 7) is 2.39. The molecule has 1 aliphatic heterocycles. The van der Waals surface area contributed by atoms with Gasteiger partial charge in [0.25, 0.3) is 0 Å². The van der Waals surface area contributed by atoms with Crippen LogP contribution in [0, 0.1) is 5.82 Å². The molecule has 1 heterocycles. The summed E-state index contributed by atoms with van der Waals surface area (Å²) < 4.78 is 26.5. The molecule has 1 amide bonds. The lowest BCUT2D eigenvalue weighted by molar-refractivity contribution is -0.115. The Kier molecular flexibility index (Phi) is 7.28. The van der Waals surface area contributed by atoms with Crippen molar-refractivity contribution in [3.05, 3.63) is 87.1 Å². The molecule has 0 bridgehead atoms. The molecule has 4 nitrogen and oxygen atoms in total. The lowest BCUT2D eigenvalue weighted by Gasteiger charge is -2.25. The van der Waals surface area contributed by atoms with Gasteiger partial charge in [-0.3, -0.25) is 9.69 Å². The number of halogens is 3. The molecule has 4 rings (SSSR count). The first kappa shape index (κ1) is 23.0. The van der Waals surface area contributed by atoms with Crippen LogP contribution in [0.1, 0.15) is 23.4 Å². The highest BCUT2D eigenvalue weighted by Gasteiger charge is 2.35. The summed E-state index contributed by atoms with van der Waals surface area (Å²) in [5.41, 5.74) is 2.13. The Bertz CT molecular complexity index is 1130. The molecule has 0 saturated carbocycles. The maximum absolute atomic E-state index is 14.0. The van der Waals surface area contributed by atoms with Crippen LogP contribution in [0.15, 0.2) is 65.1 Å². The zero-order valence-corrected chi connectivity index (χ0v) is 20.3. The molecule has 1 saturated heterocycles. The minimum absolute atomic E-state index is 0.0243. The van der Waals surface area contributed by atoms with Crippen LogP contribution in [0.5, 0.6) is 11.5 Å². The number of ether oxygens (including phenoxy) is 2. The zero-order valence-electron chi connectivity index (χ0n) is 17.2.